The number of hydrogen-bond donors (Lipinski definition) is 1. The second kappa shape index (κ2) is 5.12. The zero-order chi connectivity index (χ0) is 15.0. The van der Waals surface area contributed by atoms with Crippen LogP contribution in [0.25, 0.3) is 10.9 Å². The molecule has 3 rings (SSSR count). The Balaban J connectivity index is 2.11. The average molecular weight is 368 g/mol. The van der Waals surface area contributed by atoms with Crippen molar-refractivity contribution in [1.29, 1.82) is 0 Å². The fraction of sp³-hybridized carbons (Fsp3) is 0.0769. The van der Waals surface area contributed by atoms with E-state index in [1.165, 1.54) is 6.07 Å². The van der Waals surface area contributed by atoms with E-state index in [0.717, 1.165) is 5.39 Å². The molecular weight excluding hydrogens is 358 g/mol. The molecule has 0 spiro atoms. The predicted molar refractivity (Wildman–Crippen MR) is 81.5 cm³/mol. The first-order chi connectivity index (χ1) is 9.99. The lowest BCUT2D eigenvalue weighted by atomic mass is 10.2. The van der Waals surface area contributed by atoms with Crippen LogP contribution in [0.3, 0.4) is 0 Å². The molecule has 0 saturated carbocycles. The molecule has 0 aliphatic carbocycles. The van der Waals surface area contributed by atoms with Crippen LogP contribution in [0, 0.1) is 6.92 Å². The largest absolute Gasteiger partial charge is 0.336 e. The Morgan fingerprint density at radius 1 is 1.24 bits per heavy atom. The number of hydrogen-bond acceptors (Lipinski definition) is 5. The third-order valence-corrected chi connectivity index (χ3v) is 5.20. The number of rotatable bonds is 3. The van der Waals surface area contributed by atoms with E-state index >= 15 is 0 Å². The number of halogens is 1. The van der Waals surface area contributed by atoms with Crippen molar-refractivity contribution in [2.24, 2.45) is 0 Å². The lowest BCUT2D eigenvalue weighted by Gasteiger charge is -2.07. The van der Waals surface area contributed by atoms with E-state index < -0.39 is 10.0 Å². The fourth-order valence-electron chi connectivity index (χ4n) is 1.89. The molecule has 1 aromatic carbocycles. The highest BCUT2D eigenvalue weighted by Gasteiger charge is 2.22. The maximum absolute atomic E-state index is 12.5. The number of aryl methyl sites for hydroxylation is 1. The van der Waals surface area contributed by atoms with Crippen LogP contribution in [0.1, 0.15) is 5.69 Å². The van der Waals surface area contributed by atoms with E-state index in [4.69, 9.17) is 4.52 Å². The van der Waals surface area contributed by atoms with Crippen molar-refractivity contribution in [3.8, 4) is 0 Å². The molecule has 0 aliphatic heterocycles. The first-order valence-electron chi connectivity index (χ1n) is 5.97. The van der Waals surface area contributed by atoms with Crippen molar-refractivity contribution in [1.82, 2.24) is 10.1 Å². The van der Waals surface area contributed by atoms with Gasteiger partial charge in [0, 0.05) is 11.6 Å². The van der Waals surface area contributed by atoms with E-state index in [2.05, 4.69) is 30.8 Å². The van der Waals surface area contributed by atoms with E-state index in [9.17, 15) is 8.42 Å². The second-order valence-corrected chi connectivity index (χ2v) is 6.79. The highest BCUT2D eigenvalue weighted by Crippen LogP contribution is 2.29. The average Bonchev–Trinajstić information content (AvgIpc) is 2.78. The standard InChI is InChI=1S/C13H10BrN3O3S/c1-8-11(14)13(20-16-8)17-21(18,19)10-6-2-4-9-5-3-7-15-12(9)10/h2-7,17H,1H3. The molecule has 0 unspecified atom stereocenters. The molecule has 21 heavy (non-hydrogen) atoms. The molecule has 8 heteroatoms. The summed E-state index contributed by atoms with van der Waals surface area (Å²) in [5.74, 6) is 0.0421. The monoisotopic (exact) mass is 367 g/mol. The van der Waals surface area contributed by atoms with Gasteiger partial charge in [-0.1, -0.05) is 23.4 Å². The minimum Gasteiger partial charge on any atom is -0.336 e. The van der Waals surface area contributed by atoms with Crippen LogP contribution in [-0.2, 0) is 10.0 Å². The quantitative estimate of drug-likeness (QED) is 0.768. The molecule has 2 aromatic heterocycles. The van der Waals surface area contributed by atoms with Crippen LogP contribution < -0.4 is 4.72 Å². The minimum absolute atomic E-state index is 0.0421. The van der Waals surface area contributed by atoms with Crippen LogP contribution in [0.15, 0.2) is 50.4 Å². The minimum atomic E-state index is -3.83. The smallest absolute Gasteiger partial charge is 0.266 e. The summed E-state index contributed by atoms with van der Waals surface area (Å²) in [6.07, 6.45) is 1.55. The Morgan fingerprint density at radius 2 is 2.00 bits per heavy atom. The van der Waals surface area contributed by atoms with Crippen molar-refractivity contribution in [2.75, 3.05) is 4.72 Å². The number of aromatic nitrogens is 2. The summed E-state index contributed by atoms with van der Waals surface area (Å²) in [5, 5.41) is 4.44. The molecule has 0 atom stereocenters. The molecule has 108 valence electrons. The summed E-state index contributed by atoms with van der Waals surface area (Å²) in [7, 11) is -3.83. The summed E-state index contributed by atoms with van der Waals surface area (Å²) in [4.78, 5) is 4.22. The first kappa shape index (κ1) is 14.0. The molecule has 0 fully saturated rings. The molecule has 3 aromatic rings. The first-order valence-corrected chi connectivity index (χ1v) is 8.25. The van der Waals surface area contributed by atoms with Gasteiger partial charge in [-0.05, 0) is 35.0 Å². The lowest BCUT2D eigenvalue weighted by molar-refractivity contribution is 0.430. The number of para-hydroxylation sites is 1. The van der Waals surface area contributed by atoms with Gasteiger partial charge in [0.2, 0.25) is 0 Å². The van der Waals surface area contributed by atoms with Crippen LogP contribution in [-0.4, -0.2) is 18.6 Å². The third-order valence-electron chi connectivity index (χ3n) is 2.90. The van der Waals surface area contributed by atoms with Crippen molar-refractivity contribution in [2.45, 2.75) is 11.8 Å². The van der Waals surface area contributed by atoms with Gasteiger partial charge in [0.05, 0.1) is 11.2 Å². The van der Waals surface area contributed by atoms with Gasteiger partial charge >= 0.3 is 0 Å². The predicted octanol–water partition coefficient (Wildman–Crippen LogP) is 3.09. The number of sulfonamides is 1. The molecule has 0 amide bonds. The Labute approximate surface area is 129 Å². The van der Waals surface area contributed by atoms with Gasteiger partial charge in [-0.2, -0.15) is 0 Å². The topological polar surface area (TPSA) is 85.1 Å². The fourth-order valence-corrected chi connectivity index (χ4v) is 3.44. The van der Waals surface area contributed by atoms with Crippen molar-refractivity contribution < 1.29 is 12.9 Å². The summed E-state index contributed by atoms with van der Waals surface area (Å²) in [6.45, 7) is 1.70. The van der Waals surface area contributed by atoms with Gasteiger partial charge in [0.15, 0.2) is 0 Å². The van der Waals surface area contributed by atoms with Crippen LogP contribution >= 0.6 is 15.9 Å². The van der Waals surface area contributed by atoms with Gasteiger partial charge in [-0.25, -0.2) is 13.1 Å². The molecule has 0 saturated heterocycles. The van der Waals surface area contributed by atoms with Gasteiger partial charge in [-0.3, -0.25) is 4.98 Å². The number of fused-ring (bicyclic) bond motifs is 1. The van der Waals surface area contributed by atoms with Gasteiger partial charge in [0.25, 0.3) is 15.9 Å². The van der Waals surface area contributed by atoms with Crippen LogP contribution in [0.5, 0.6) is 0 Å². The Kier molecular flexibility index (Phi) is 3.42. The van der Waals surface area contributed by atoms with E-state index in [1.807, 2.05) is 0 Å². The van der Waals surface area contributed by atoms with E-state index in [1.54, 1.807) is 37.4 Å². The molecule has 2 heterocycles. The number of nitrogens with zero attached hydrogens (tertiary/aromatic N) is 2. The number of nitrogens with one attached hydrogen (secondary N) is 1. The molecule has 0 radical (unpaired) electrons. The van der Waals surface area contributed by atoms with Crippen LogP contribution in [0.4, 0.5) is 5.88 Å². The van der Waals surface area contributed by atoms with E-state index in [-0.39, 0.29) is 10.8 Å². The van der Waals surface area contributed by atoms with E-state index in [0.29, 0.717) is 15.7 Å². The van der Waals surface area contributed by atoms with Crippen LogP contribution in [0.2, 0.25) is 0 Å². The molecule has 1 N–H and O–H groups in total. The van der Waals surface area contributed by atoms with Crippen molar-refractivity contribution in [3.05, 3.63) is 46.7 Å². The Morgan fingerprint density at radius 3 is 2.71 bits per heavy atom. The SMILES string of the molecule is Cc1noc(NS(=O)(=O)c2cccc3cccnc23)c1Br. The molecular formula is C13H10BrN3O3S. The highest BCUT2D eigenvalue weighted by atomic mass is 79.9. The Hall–Kier alpha value is -1.93. The number of anilines is 1. The highest BCUT2D eigenvalue weighted by molar-refractivity contribution is 9.10. The van der Waals surface area contributed by atoms with Crippen molar-refractivity contribution in [3.63, 3.8) is 0 Å². The summed E-state index contributed by atoms with van der Waals surface area (Å²) >= 11 is 3.23. The third kappa shape index (κ3) is 2.52. The molecule has 0 aliphatic rings. The molecule has 0 bridgehead atoms. The van der Waals surface area contributed by atoms with Crippen molar-refractivity contribution >= 4 is 42.7 Å². The zero-order valence-electron chi connectivity index (χ0n) is 10.9. The number of pyridine rings is 1. The maximum atomic E-state index is 12.5. The summed E-state index contributed by atoms with van der Waals surface area (Å²) < 4.78 is 32.8. The number of benzene rings is 1. The maximum Gasteiger partial charge on any atom is 0.266 e. The Bertz CT molecular complexity index is 916. The summed E-state index contributed by atoms with van der Waals surface area (Å²) in [5.41, 5.74) is 0.962. The second-order valence-electron chi connectivity index (χ2n) is 4.35. The van der Waals surface area contributed by atoms with Gasteiger partial charge in [-0.15, -0.1) is 0 Å². The normalized spacial score (nSPS) is 11.7. The lowest BCUT2D eigenvalue weighted by Crippen LogP contribution is -2.13. The summed E-state index contributed by atoms with van der Waals surface area (Å²) in [6, 6.07) is 8.52. The molecule has 6 nitrogen and oxygen atoms in total. The van der Waals surface area contributed by atoms with Gasteiger partial charge in [0.1, 0.15) is 9.37 Å². The van der Waals surface area contributed by atoms with Gasteiger partial charge < -0.3 is 4.52 Å². The zero-order valence-corrected chi connectivity index (χ0v) is 13.3.